The summed E-state index contributed by atoms with van der Waals surface area (Å²) in [6, 6.07) is 4.11. The van der Waals surface area contributed by atoms with Gasteiger partial charge in [0.15, 0.2) is 0 Å². The molecule has 0 atom stereocenters. The third-order valence-electron chi connectivity index (χ3n) is 2.03. The highest BCUT2D eigenvalue weighted by Crippen LogP contribution is 2.30. The zero-order valence-corrected chi connectivity index (χ0v) is 9.08. The lowest BCUT2D eigenvalue weighted by Gasteiger charge is -2.13. The van der Waals surface area contributed by atoms with Gasteiger partial charge in [-0.3, -0.25) is 0 Å². The van der Waals surface area contributed by atoms with Gasteiger partial charge >= 0.3 is 6.36 Å². The molecule has 1 aromatic carbocycles. The molecule has 6 heteroatoms. The van der Waals surface area contributed by atoms with Crippen LogP contribution in [0.5, 0.6) is 11.5 Å². The molecule has 1 rings (SSSR count). The number of hydrogen-bond donors (Lipinski definition) is 0. The Morgan fingerprint density at radius 1 is 1.35 bits per heavy atom. The number of hydrogen-bond acceptors (Lipinski definition) is 3. The van der Waals surface area contributed by atoms with Crippen molar-refractivity contribution in [2.24, 2.45) is 0 Å². The molecular weight excluding hydrogens is 237 g/mol. The topological polar surface area (TPSA) is 35.5 Å². The molecule has 3 nitrogen and oxygen atoms in total. The molecule has 0 saturated heterocycles. The Hall–Kier alpha value is -1.72. The van der Waals surface area contributed by atoms with Gasteiger partial charge in [0.25, 0.3) is 0 Å². The highest BCUT2D eigenvalue weighted by Gasteiger charge is 2.32. The predicted octanol–water partition coefficient (Wildman–Crippen LogP) is 2.73. The Morgan fingerprint density at radius 2 is 2.06 bits per heavy atom. The Labute approximate surface area is 96.1 Å². The van der Waals surface area contributed by atoms with Gasteiger partial charge in [-0.1, -0.05) is 6.07 Å². The van der Waals surface area contributed by atoms with Crippen molar-refractivity contribution in [2.45, 2.75) is 19.2 Å². The molecule has 1 aromatic rings. The minimum Gasteiger partial charge on any atom is -0.497 e. The van der Waals surface area contributed by atoms with Gasteiger partial charge in [-0.2, -0.15) is 0 Å². The van der Waals surface area contributed by atoms with Crippen molar-refractivity contribution in [1.29, 1.82) is 0 Å². The number of alkyl halides is 3. The summed E-state index contributed by atoms with van der Waals surface area (Å²) in [7, 11) is 1.35. The average molecular weight is 248 g/mol. The second kappa shape index (κ2) is 5.56. The number of benzene rings is 1. The number of halogens is 3. The van der Waals surface area contributed by atoms with E-state index >= 15 is 0 Å². The van der Waals surface area contributed by atoms with Crippen LogP contribution >= 0.6 is 0 Å². The summed E-state index contributed by atoms with van der Waals surface area (Å²) in [5.41, 5.74) is 0.315. The lowest BCUT2D eigenvalue weighted by Crippen LogP contribution is -2.18. The van der Waals surface area contributed by atoms with Gasteiger partial charge in [0, 0.05) is 12.5 Å². The number of rotatable bonds is 5. The fourth-order valence-electron chi connectivity index (χ4n) is 1.30. The monoisotopic (exact) mass is 248 g/mol. The van der Waals surface area contributed by atoms with Gasteiger partial charge in [0.1, 0.15) is 17.8 Å². The first kappa shape index (κ1) is 13.3. The smallest absolute Gasteiger partial charge is 0.497 e. The van der Waals surface area contributed by atoms with Crippen molar-refractivity contribution in [2.75, 3.05) is 7.11 Å². The zero-order valence-electron chi connectivity index (χ0n) is 9.08. The highest BCUT2D eigenvalue weighted by molar-refractivity contribution is 5.51. The minimum atomic E-state index is -4.76. The van der Waals surface area contributed by atoms with Crippen LogP contribution in [0.2, 0.25) is 0 Å². The molecule has 0 amide bonds. The number of methoxy groups -OCH3 is 1. The molecular formula is C11H11F3O3. The second-order valence-corrected chi connectivity index (χ2v) is 3.23. The van der Waals surface area contributed by atoms with E-state index in [-0.39, 0.29) is 24.3 Å². The predicted molar refractivity (Wildman–Crippen MR) is 54.1 cm³/mol. The molecule has 0 heterocycles. The van der Waals surface area contributed by atoms with Crippen LogP contribution in [0.25, 0.3) is 0 Å². The maximum Gasteiger partial charge on any atom is 0.573 e. The molecule has 17 heavy (non-hydrogen) atoms. The summed E-state index contributed by atoms with van der Waals surface area (Å²) >= 11 is 0. The summed E-state index contributed by atoms with van der Waals surface area (Å²) in [6.07, 6.45) is -3.79. The summed E-state index contributed by atoms with van der Waals surface area (Å²) in [4.78, 5) is 10.2. The van der Waals surface area contributed by atoms with E-state index in [0.29, 0.717) is 11.8 Å². The summed E-state index contributed by atoms with van der Waals surface area (Å²) in [6.45, 7) is 0. The Bertz CT molecular complexity index is 388. The van der Waals surface area contributed by atoms with Crippen LogP contribution in [0.15, 0.2) is 18.2 Å². The van der Waals surface area contributed by atoms with Gasteiger partial charge in [0.05, 0.1) is 7.11 Å². The molecule has 0 aliphatic heterocycles. The van der Waals surface area contributed by atoms with Crippen LogP contribution in [0, 0.1) is 0 Å². The molecule has 0 saturated carbocycles. The largest absolute Gasteiger partial charge is 0.573 e. The first-order valence-electron chi connectivity index (χ1n) is 4.82. The van der Waals surface area contributed by atoms with Crippen molar-refractivity contribution in [3.63, 3.8) is 0 Å². The van der Waals surface area contributed by atoms with Gasteiger partial charge < -0.3 is 14.3 Å². The van der Waals surface area contributed by atoms with Crippen LogP contribution in [-0.2, 0) is 11.2 Å². The van der Waals surface area contributed by atoms with Gasteiger partial charge in [-0.25, -0.2) is 0 Å². The number of carbonyl (C=O) groups excluding carboxylic acids is 1. The van der Waals surface area contributed by atoms with E-state index in [1.807, 2.05) is 0 Å². The van der Waals surface area contributed by atoms with Crippen LogP contribution < -0.4 is 9.47 Å². The lowest BCUT2D eigenvalue weighted by molar-refractivity contribution is -0.274. The maximum absolute atomic E-state index is 12.1. The fourth-order valence-corrected chi connectivity index (χ4v) is 1.30. The summed E-state index contributed by atoms with van der Waals surface area (Å²) < 4.78 is 45.1. The van der Waals surface area contributed by atoms with E-state index in [4.69, 9.17) is 4.74 Å². The lowest BCUT2D eigenvalue weighted by atomic mass is 10.1. The maximum atomic E-state index is 12.1. The first-order valence-corrected chi connectivity index (χ1v) is 4.82. The third-order valence-corrected chi connectivity index (χ3v) is 2.03. The fraction of sp³-hybridized carbons (Fsp3) is 0.364. The number of carbonyl (C=O) groups is 1. The molecule has 0 aliphatic carbocycles. The van der Waals surface area contributed by atoms with E-state index in [9.17, 15) is 18.0 Å². The number of aldehydes is 1. The summed E-state index contributed by atoms with van der Waals surface area (Å²) in [5.74, 6) is -0.0715. The Morgan fingerprint density at radius 3 is 2.59 bits per heavy atom. The molecule has 0 N–H and O–H groups in total. The Balaban J connectivity index is 2.98. The molecule has 0 bridgehead atoms. The molecule has 0 radical (unpaired) electrons. The van der Waals surface area contributed by atoms with Crippen molar-refractivity contribution < 1.29 is 27.4 Å². The first-order chi connectivity index (χ1) is 7.96. The van der Waals surface area contributed by atoms with Crippen LogP contribution in [0.4, 0.5) is 13.2 Å². The van der Waals surface area contributed by atoms with E-state index < -0.39 is 6.36 Å². The van der Waals surface area contributed by atoms with Crippen molar-refractivity contribution in [3.8, 4) is 11.5 Å². The minimum absolute atomic E-state index is 0.139. The van der Waals surface area contributed by atoms with Crippen LogP contribution in [0.1, 0.15) is 12.0 Å². The second-order valence-electron chi connectivity index (χ2n) is 3.23. The van der Waals surface area contributed by atoms with E-state index in [0.717, 1.165) is 6.07 Å². The molecule has 0 aliphatic rings. The van der Waals surface area contributed by atoms with Crippen molar-refractivity contribution in [3.05, 3.63) is 23.8 Å². The Kier molecular flexibility index (Phi) is 4.37. The highest BCUT2D eigenvalue weighted by atomic mass is 19.4. The quantitative estimate of drug-likeness (QED) is 0.751. The van der Waals surface area contributed by atoms with Crippen molar-refractivity contribution >= 4 is 6.29 Å². The summed E-state index contributed by atoms with van der Waals surface area (Å²) in [5, 5.41) is 0. The number of aryl methyl sites for hydroxylation is 1. The van der Waals surface area contributed by atoms with Crippen LogP contribution in [0.3, 0.4) is 0 Å². The average Bonchev–Trinajstić information content (AvgIpc) is 2.25. The molecule has 94 valence electrons. The van der Waals surface area contributed by atoms with E-state index in [1.165, 1.54) is 19.2 Å². The SMILES string of the molecule is COc1ccc(CCC=O)c(OC(F)(F)F)c1. The van der Waals surface area contributed by atoms with Gasteiger partial charge in [0.2, 0.25) is 0 Å². The third kappa shape index (κ3) is 4.34. The number of ether oxygens (including phenoxy) is 2. The standard InChI is InChI=1S/C11H11F3O3/c1-16-9-5-4-8(3-2-6-15)10(7-9)17-11(12,13)14/h4-7H,2-3H2,1H3. The van der Waals surface area contributed by atoms with Gasteiger partial charge in [-0.05, 0) is 18.1 Å². The molecule has 0 unspecified atom stereocenters. The van der Waals surface area contributed by atoms with Crippen LogP contribution in [-0.4, -0.2) is 19.8 Å². The van der Waals surface area contributed by atoms with Gasteiger partial charge in [-0.15, -0.1) is 13.2 Å². The molecule has 0 fully saturated rings. The normalized spacial score (nSPS) is 11.1. The zero-order chi connectivity index (χ0) is 12.9. The van der Waals surface area contributed by atoms with E-state index in [1.54, 1.807) is 0 Å². The molecule has 0 spiro atoms. The van der Waals surface area contributed by atoms with Crippen molar-refractivity contribution in [1.82, 2.24) is 0 Å². The molecule has 0 aromatic heterocycles. The van der Waals surface area contributed by atoms with E-state index in [2.05, 4.69) is 4.74 Å².